The molecule has 32 heavy (non-hydrogen) atoms. The number of carbonyl (C=O) groups is 2. The molecule has 4 rings (SSSR count). The summed E-state index contributed by atoms with van der Waals surface area (Å²) in [5, 5.41) is 4.89. The third-order valence-corrected chi connectivity index (χ3v) is 5.57. The van der Waals surface area contributed by atoms with Crippen LogP contribution in [0.4, 0.5) is 0 Å². The first-order valence-electron chi connectivity index (χ1n) is 10.4. The lowest BCUT2D eigenvalue weighted by Gasteiger charge is -2.13. The van der Waals surface area contributed by atoms with Gasteiger partial charge in [0.25, 0.3) is 5.91 Å². The van der Waals surface area contributed by atoms with Crippen molar-refractivity contribution in [1.29, 1.82) is 0 Å². The van der Waals surface area contributed by atoms with E-state index >= 15 is 0 Å². The standard InChI is InChI=1S/C25H23ClN2O4/c1-14-11-15(2)13-19(12-14)31-25(30)23-16(3)22-20(5-4-6-21(22)32-23)27-28-24(29)17-7-9-18(26)10-8-17/h7-13H,4-6H2,1-3H3,(H,28,29)/b27-20+. The van der Waals surface area contributed by atoms with Gasteiger partial charge in [-0.25, -0.2) is 10.2 Å². The van der Waals surface area contributed by atoms with Crippen LogP contribution in [0.25, 0.3) is 0 Å². The highest BCUT2D eigenvalue weighted by Crippen LogP contribution is 2.31. The maximum Gasteiger partial charge on any atom is 0.379 e. The molecular formula is C25H23ClN2O4. The summed E-state index contributed by atoms with van der Waals surface area (Å²) in [6, 6.07) is 12.2. The topological polar surface area (TPSA) is 80.9 Å². The number of furan rings is 1. The Morgan fingerprint density at radius 1 is 1.03 bits per heavy atom. The number of nitrogens with zero attached hydrogens (tertiary/aromatic N) is 1. The highest BCUT2D eigenvalue weighted by Gasteiger charge is 2.29. The van der Waals surface area contributed by atoms with Crippen molar-refractivity contribution in [3.63, 3.8) is 0 Å². The van der Waals surface area contributed by atoms with Crippen LogP contribution in [-0.2, 0) is 6.42 Å². The number of fused-ring (bicyclic) bond motifs is 1. The summed E-state index contributed by atoms with van der Waals surface area (Å²) in [6.45, 7) is 5.70. The van der Waals surface area contributed by atoms with E-state index in [2.05, 4.69) is 10.5 Å². The number of hydrogen-bond acceptors (Lipinski definition) is 5. The molecule has 1 aromatic heterocycles. The van der Waals surface area contributed by atoms with Gasteiger partial charge in [-0.1, -0.05) is 17.7 Å². The highest BCUT2D eigenvalue weighted by atomic mass is 35.5. The lowest BCUT2D eigenvalue weighted by Crippen LogP contribution is -2.22. The van der Waals surface area contributed by atoms with Crippen LogP contribution in [0.3, 0.4) is 0 Å². The summed E-state index contributed by atoms with van der Waals surface area (Å²) in [4.78, 5) is 25.2. The van der Waals surface area contributed by atoms with Crippen molar-refractivity contribution in [3.05, 3.63) is 86.8 Å². The van der Waals surface area contributed by atoms with Gasteiger partial charge >= 0.3 is 5.97 Å². The number of carbonyl (C=O) groups excluding carboxylic acids is 2. The van der Waals surface area contributed by atoms with E-state index < -0.39 is 5.97 Å². The van der Waals surface area contributed by atoms with Crippen LogP contribution in [0.5, 0.6) is 5.75 Å². The fourth-order valence-corrected chi connectivity index (χ4v) is 4.03. The molecule has 1 aliphatic rings. The predicted molar refractivity (Wildman–Crippen MR) is 123 cm³/mol. The Bertz CT molecular complexity index is 1210. The van der Waals surface area contributed by atoms with Crippen LogP contribution in [0.1, 0.15) is 61.8 Å². The van der Waals surface area contributed by atoms with Gasteiger partial charge in [0.1, 0.15) is 11.5 Å². The van der Waals surface area contributed by atoms with Crippen molar-refractivity contribution in [2.45, 2.75) is 40.0 Å². The first-order valence-corrected chi connectivity index (χ1v) is 10.7. The zero-order valence-electron chi connectivity index (χ0n) is 18.1. The summed E-state index contributed by atoms with van der Waals surface area (Å²) in [5.74, 6) is 0.433. The highest BCUT2D eigenvalue weighted by molar-refractivity contribution is 6.30. The number of amides is 1. The second-order valence-corrected chi connectivity index (χ2v) is 8.36. The average Bonchev–Trinajstić information content (AvgIpc) is 3.09. The van der Waals surface area contributed by atoms with E-state index in [1.807, 2.05) is 39.0 Å². The Hall–Kier alpha value is -3.38. The summed E-state index contributed by atoms with van der Waals surface area (Å²) in [7, 11) is 0. The molecule has 3 aromatic rings. The monoisotopic (exact) mass is 450 g/mol. The summed E-state index contributed by atoms with van der Waals surface area (Å²) >= 11 is 5.88. The molecular weight excluding hydrogens is 428 g/mol. The van der Waals surface area contributed by atoms with Crippen molar-refractivity contribution in [3.8, 4) is 5.75 Å². The lowest BCUT2D eigenvalue weighted by atomic mass is 9.93. The molecule has 7 heteroatoms. The number of nitrogens with one attached hydrogen (secondary N) is 1. The number of ether oxygens (including phenoxy) is 1. The molecule has 6 nitrogen and oxygen atoms in total. The molecule has 1 aliphatic carbocycles. The molecule has 0 fully saturated rings. The molecule has 0 spiro atoms. The normalized spacial score (nSPS) is 14.2. The van der Waals surface area contributed by atoms with E-state index in [0.717, 1.165) is 23.1 Å². The third-order valence-electron chi connectivity index (χ3n) is 5.32. The second-order valence-electron chi connectivity index (χ2n) is 7.93. The van der Waals surface area contributed by atoms with Gasteiger partial charge in [-0.3, -0.25) is 4.79 Å². The Morgan fingerprint density at radius 3 is 2.41 bits per heavy atom. The number of hydrazone groups is 1. The molecule has 2 aromatic carbocycles. The largest absolute Gasteiger partial charge is 0.453 e. The summed E-state index contributed by atoms with van der Waals surface area (Å²) in [5.41, 5.74) is 7.17. The van der Waals surface area contributed by atoms with E-state index in [9.17, 15) is 9.59 Å². The number of esters is 1. The Kier molecular flexibility index (Phi) is 6.15. The number of halogens is 1. The van der Waals surface area contributed by atoms with Crippen molar-refractivity contribution in [2.75, 3.05) is 0 Å². The van der Waals surface area contributed by atoms with Crippen LogP contribution >= 0.6 is 11.6 Å². The minimum atomic E-state index is -0.550. The fraction of sp³-hybridized carbons (Fsp3) is 0.240. The summed E-state index contributed by atoms with van der Waals surface area (Å²) in [6.07, 6.45) is 2.16. The van der Waals surface area contributed by atoms with Gasteiger partial charge in [0.2, 0.25) is 5.76 Å². The van der Waals surface area contributed by atoms with Crippen LogP contribution in [0.15, 0.2) is 52.0 Å². The molecule has 1 amide bonds. The minimum Gasteiger partial charge on any atom is -0.453 e. The van der Waals surface area contributed by atoms with Gasteiger partial charge in [0.05, 0.1) is 5.71 Å². The van der Waals surface area contributed by atoms with Gasteiger partial charge < -0.3 is 9.15 Å². The van der Waals surface area contributed by atoms with Gasteiger partial charge in [-0.15, -0.1) is 0 Å². The van der Waals surface area contributed by atoms with Crippen molar-refractivity contribution < 1.29 is 18.7 Å². The van der Waals surface area contributed by atoms with Gasteiger partial charge in [-0.05, 0) is 81.1 Å². The third kappa shape index (κ3) is 4.60. The van der Waals surface area contributed by atoms with Gasteiger partial charge in [0.15, 0.2) is 0 Å². The molecule has 0 aliphatic heterocycles. The molecule has 1 N–H and O–H groups in total. The van der Waals surface area contributed by atoms with Crippen LogP contribution < -0.4 is 10.2 Å². The quantitative estimate of drug-likeness (QED) is 0.321. The molecule has 0 atom stereocenters. The maximum atomic E-state index is 12.8. The van der Waals surface area contributed by atoms with E-state index in [4.69, 9.17) is 20.8 Å². The Morgan fingerprint density at radius 2 is 1.72 bits per heavy atom. The van der Waals surface area contributed by atoms with E-state index in [1.54, 1.807) is 24.3 Å². The number of rotatable bonds is 4. The van der Waals surface area contributed by atoms with Crippen molar-refractivity contribution >= 4 is 29.2 Å². The fourth-order valence-electron chi connectivity index (χ4n) is 3.90. The lowest BCUT2D eigenvalue weighted by molar-refractivity contribution is 0.0698. The Labute approximate surface area is 191 Å². The summed E-state index contributed by atoms with van der Waals surface area (Å²) < 4.78 is 11.5. The van der Waals surface area contributed by atoms with Crippen molar-refractivity contribution in [1.82, 2.24) is 5.43 Å². The second kappa shape index (κ2) is 9.01. The average molecular weight is 451 g/mol. The van der Waals surface area contributed by atoms with E-state index in [0.29, 0.717) is 46.2 Å². The number of benzene rings is 2. The smallest absolute Gasteiger partial charge is 0.379 e. The number of aryl methyl sites for hydroxylation is 3. The minimum absolute atomic E-state index is 0.160. The zero-order chi connectivity index (χ0) is 22.8. The predicted octanol–water partition coefficient (Wildman–Crippen LogP) is 5.55. The van der Waals surface area contributed by atoms with Crippen LogP contribution in [0, 0.1) is 20.8 Å². The van der Waals surface area contributed by atoms with Gasteiger partial charge in [-0.2, -0.15) is 5.10 Å². The molecule has 0 bridgehead atoms. The zero-order valence-corrected chi connectivity index (χ0v) is 18.9. The molecule has 1 heterocycles. The Balaban J connectivity index is 1.57. The molecule has 0 radical (unpaired) electrons. The molecule has 164 valence electrons. The van der Waals surface area contributed by atoms with Crippen LogP contribution in [0.2, 0.25) is 5.02 Å². The maximum absolute atomic E-state index is 12.8. The molecule has 0 saturated carbocycles. The SMILES string of the molecule is Cc1cc(C)cc(OC(=O)c2oc3c(c2C)/C(=N/NC(=O)c2ccc(Cl)cc2)CCC3)c1. The molecule has 0 saturated heterocycles. The van der Waals surface area contributed by atoms with E-state index in [1.165, 1.54) is 0 Å². The van der Waals surface area contributed by atoms with Gasteiger partial charge in [0, 0.05) is 28.1 Å². The number of hydrogen-bond donors (Lipinski definition) is 1. The molecule has 0 unspecified atom stereocenters. The first-order chi connectivity index (χ1) is 15.3. The van der Waals surface area contributed by atoms with Crippen LogP contribution in [-0.4, -0.2) is 17.6 Å². The van der Waals surface area contributed by atoms with E-state index in [-0.39, 0.29) is 11.7 Å². The first kappa shape index (κ1) is 21.8. The van der Waals surface area contributed by atoms with Crippen molar-refractivity contribution in [2.24, 2.45) is 5.10 Å².